The van der Waals surface area contributed by atoms with E-state index < -0.39 is 29.1 Å². The Morgan fingerprint density at radius 3 is 2.54 bits per heavy atom. The van der Waals surface area contributed by atoms with E-state index in [1.165, 1.54) is 24.3 Å². The van der Waals surface area contributed by atoms with E-state index in [0.717, 1.165) is 17.9 Å². The molecule has 2 rings (SSSR count). The van der Waals surface area contributed by atoms with E-state index in [2.05, 4.69) is 4.72 Å². The van der Waals surface area contributed by atoms with Crippen LogP contribution in [0.3, 0.4) is 0 Å². The van der Waals surface area contributed by atoms with Crippen molar-refractivity contribution in [3.05, 3.63) is 52.8 Å². The van der Waals surface area contributed by atoms with Crippen molar-refractivity contribution in [1.82, 2.24) is 9.29 Å². The van der Waals surface area contributed by atoms with E-state index in [-0.39, 0.29) is 16.2 Å². The van der Waals surface area contributed by atoms with Crippen molar-refractivity contribution in [3.8, 4) is 6.07 Å². The lowest BCUT2D eigenvalue weighted by Crippen LogP contribution is -2.32. The molecule has 1 heterocycles. The Morgan fingerprint density at radius 2 is 1.93 bits per heavy atom. The van der Waals surface area contributed by atoms with E-state index in [0.29, 0.717) is 5.56 Å². The maximum Gasteiger partial charge on any atom is 0.321 e. The maximum atomic E-state index is 12.3. The molecular formula is C19H21N3O5S. The van der Waals surface area contributed by atoms with Crippen molar-refractivity contribution in [3.63, 3.8) is 0 Å². The summed E-state index contributed by atoms with van der Waals surface area (Å²) >= 11 is 0. The quantitative estimate of drug-likeness (QED) is 0.529. The Hall–Kier alpha value is -2.96. The number of sulfonamides is 1. The summed E-state index contributed by atoms with van der Waals surface area (Å²) < 4.78 is 33.4. The molecule has 0 amide bonds. The van der Waals surface area contributed by atoms with Crippen LogP contribution >= 0.6 is 0 Å². The number of carbonyl (C=O) groups excluding carboxylic acids is 2. The molecule has 1 aromatic carbocycles. The predicted molar refractivity (Wildman–Crippen MR) is 101 cm³/mol. The van der Waals surface area contributed by atoms with Crippen LogP contribution in [0, 0.1) is 25.2 Å². The number of aryl methyl sites for hydroxylation is 1. The van der Waals surface area contributed by atoms with Crippen LogP contribution in [0.25, 0.3) is 0 Å². The van der Waals surface area contributed by atoms with Gasteiger partial charge in [0.25, 0.3) is 0 Å². The minimum atomic E-state index is -4.06. The van der Waals surface area contributed by atoms with Crippen LogP contribution in [-0.4, -0.2) is 37.9 Å². The summed E-state index contributed by atoms with van der Waals surface area (Å²) in [4.78, 5) is 23.9. The molecule has 0 unspecified atom stereocenters. The summed E-state index contributed by atoms with van der Waals surface area (Å²) in [6.45, 7) is 5.24. The third kappa shape index (κ3) is 4.65. The van der Waals surface area contributed by atoms with Crippen LogP contribution in [0.15, 0.2) is 35.2 Å². The highest BCUT2D eigenvalue weighted by molar-refractivity contribution is 7.89. The van der Waals surface area contributed by atoms with Gasteiger partial charge in [0.2, 0.25) is 15.8 Å². The number of ketones is 1. The Labute approximate surface area is 163 Å². The van der Waals surface area contributed by atoms with E-state index in [1.54, 1.807) is 12.1 Å². The monoisotopic (exact) mass is 403 g/mol. The van der Waals surface area contributed by atoms with E-state index in [9.17, 15) is 18.0 Å². The van der Waals surface area contributed by atoms with Crippen LogP contribution in [-0.2, 0) is 26.1 Å². The molecule has 1 N–H and O–H groups in total. The molecule has 28 heavy (non-hydrogen) atoms. The second kappa shape index (κ2) is 8.82. The fourth-order valence-electron chi connectivity index (χ4n) is 2.87. The first kappa shape index (κ1) is 21.3. The molecule has 0 aliphatic heterocycles. The average Bonchev–Trinajstić information content (AvgIpc) is 2.97. The summed E-state index contributed by atoms with van der Waals surface area (Å²) in [6.07, 6.45) is 0. The SMILES string of the molecule is CCn1c(C)cc(C(=O)COC(=O)CNS(=O)(=O)c2ccccc2C#N)c1C. The van der Waals surface area contributed by atoms with E-state index in [4.69, 9.17) is 10.00 Å². The molecule has 0 saturated carbocycles. The number of nitriles is 1. The topological polar surface area (TPSA) is 118 Å². The Balaban J connectivity index is 1.96. The third-order valence-corrected chi connectivity index (χ3v) is 5.72. The normalized spacial score (nSPS) is 11.1. The molecule has 0 fully saturated rings. The molecular weight excluding hydrogens is 382 g/mol. The van der Waals surface area contributed by atoms with Crippen LogP contribution in [0.1, 0.15) is 34.2 Å². The van der Waals surface area contributed by atoms with Gasteiger partial charge in [0, 0.05) is 23.5 Å². The van der Waals surface area contributed by atoms with Gasteiger partial charge < -0.3 is 9.30 Å². The molecule has 2 aromatic rings. The first-order valence-electron chi connectivity index (χ1n) is 8.55. The number of ether oxygens (including phenoxy) is 1. The van der Waals surface area contributed by atoms with Gasteiger partial charge in [-0.3, -0.25) is 9.59 Å². The molecule has 0 atom stereocenters. The molecule has 0 saturated heterocycles. The second-order valence-electron chi connectivity index (χ2n) is 6.05. The highest BCUT2D eigenvalue weighted by atomic mass is 32.2. The van der Waals surface area contributed by atoms with Crippen LogP contribution < -0.4 is 4.72 Å². The van der Waals surface area contributed by atoms with Gasteiger partial charge in [0.15, 0.2) is 6.61 Å². The largest absolute Gasteiger partial charge is 0.456 e. The first-order valence-corrected chi connectivity index (χ1v) is 10.0. The molecule has 0 aliphatic carbocycles. The van der Waals surface area contributed by atoms with Gasteiger partial charge in [-0.2, -0.15) is 9.98 Å². The lowest BCUT2D eigenvalue weighted by atomic mass is 10.1. The van der Waals surface area contributed by atoms with Crippen molar-refractivity contribution < 1.29 is 22.7 Å². The lowest BCUT2D eigenvalue weighted by molar-refractivity contribution is -0.141. The predicted octanol–water partition coefficient (Wildman–Crippen LogP) is 1.70. The number of hydrogen-bond donors (Lipinski definition) is 1. The van der Waals surface area contributed by atoms with Crippen LogP contribution in [0.2, 0.25) is 0 Å². The molecule has 0 bridgehead atoms. The summed E-state index contributed by atoms with van der Waals surface area (Å²) in [7, 11) is -4.06. The van der Waals surface area contributed by atoms with Crippen molar-refractivity contribution in [2.24, 2.45) is 0 Å². The lowest BCUT2D eigenvalue weighted by Gasteiger charge is -2.08. The van der Waals surface area contributed by atoms with Gasteiger partial charge in [-0.1, -0.05) is 12.1 Å². The van der Waals surface area contributed by atoms with Crippen LogP contribution in [0.4, 0.5) is 0 Å². The van der Waals surface area contributed by atoms with Gasteiger partial charge in [-0.05, 0) is 39.0 Å². The second-order valence-corrected chi connectivity index (χ2v) is 7.78. The smallest absolute Gasteiger partial charge is 0.321 e. The van der Waals surface area contributed by atoms with Gasteiger partial charge >= 0.3 is 5.97 Å². The third-order valence-electron chi connectivity index (χ3n) is 4.26. The Bertz CT molecular complexity index is 1050. The molecule has 148 valence electrons. The minimum absolute atomic E-state index is 0.0372. The summed E-state index contributed by atoms with van der Waals surface area (Å²) in [5, 5.41) is 9.00. The standard InChI is InChI=1S/C19H21N3O5S/c1-4-22-13(2)9-16(14(22)3)17(23)12-27-19(24)11-21-28(25,26)18-8-6-5-7-15(18)10-20/h5-9,21H,4,11-12H2,1-3H3. The summed E-state index contributed by atoms with van der Waals surface area (Å²) in [5.74, 6) is -1.26. The number of esters is 1. The zero-order chi connectivity index (χ0) is 20.9. The number of nitrogens with zero attached hydrogens (tertiary/aromatic N) is 2. The number of benzene rings is 1. The Kier molecular flexibility index (Phi) is 6.72. The van der Waals surface area contributed by atoms with Crippen molar-refractivity contribution >= 4 is 21.8 Å². The number of hydrogen-bond acceptors (Lipinski definition) is 6. The van der Waals surface area contributed by atoms with Crippen molar-refractivity contribution in [1.29, 1.82) is 5.26 Å². The van der Waals surface area contributed by atoms with Gasteiger partial charge in [-0.25, -0.2) is 8.42 Å². The maximum absolute atomic E-state index is 12.3. The molecule has 0 spiro atoms. The molecule has 1 aromatic heterocycles. The van der Waals surface area contributed by atoms with E-state index in [1.807, 2.05) is 25.3 Å². The molecule has 0 radical (unpaired) electrons. The fourth-order valence-corrected chi connectivity index (χ4v) is 3.99. The summed E-state index contributed by atoms with van der Waals surface area (Å²) in [5.41, 5.74) is 2.15. The number of nitrogens with one attached hydrogen (secondary N) is 1. The minimum Gasteiger partial charge on any atom is -0.456 e. The summed E-state index contributed by atoms with van der Waals surface area (Å²) in [6, 6.07) is 9.14. The highest BCUT2D eigenvalue weighted by Gasteiger charge is 2.21. The highest BCUT2D eigenvalue weighted by Crippen LogP contribution is 2.16. The van der Waals surface area contributed by atoms with E-state index >= 15 is 0 Å². The average molecular weight is 403 g/mol. The molecule has 0 aliphatic rings. The van der Waals surface area contributed by atoms with Crippen LogP contribution in [0.5, 0.6) is 0 Å². The number of rotatable bonds is 8. The van der Waals surface area contributed by atoms with Gasteiger partial charge in [0.1, 0.15) is 12.6 Å². The van der Waals surface area contributed by atoms with Gasteiger partial charge in [-0.15, -0.1) is 0 Å². The molecule has 9 heteroatoms. The molecule has 8 nitrogen and oxygen atoms in total. The van der Waals surface area contributed by atoms with Gasteiger partial charge in [0.05, 0.1) is 10.5 Å². The number of carbonyl (C=O) groups is 2. The Morgan fingerprint density at radius 1 is 1.25 bits per heavy atom. The first-order chi connectivity index (χ1) is 13.2. The van der Waals surface area contributed by atoms with Crippen molar-refractivity contribution in [2.45, 2.75) is 32.2 Å². The number of aromatic nitrogens is 1. The number of Topliss-reactive ketones (excluding diaryl/α,β-unsaturated/α-hetero) is 1. The van der Waals surface area contributed by atoms with Crippen molar-refractivity contribution in [2.75, 3.05) is 13.2 Å². The fraction of sp³-hybridized carbons (Fsp3) is 0.316. The zero-order valence-corrected chi connectivity index (χ0v) is 16.7. The zero-order valence-electron chi connectivity index (χ0n) is 15.9.